The summed E-state index contributed by atoms with van der Waals surface area (Å²) in [4.78, 5) is 49.2. The van der Waals surface area contributed by atoms with E-state index in [1.807, 2.05) is 97.6 Å². The zero-order valence-electron chi connectivity index (χ0n) is 36.3. The van der Waals surface area contributed by atoms with Gasteiger partial charge in [0, 0.05) is 131 Å². The quantitative estimate of drug-likeness (QED) is 0.0761. The van der Waals surface area contributed by atoms with Crippen molar-refractivity contribution in [3.05, 3.63) is 169 Å². The molecule has 326 valence electrons. The van der Waals surface area contributed by atoms with Crippen molar-refractivity contribution in [2.45, 2.75) is 52.1 Å². The SMILES string of the molecule is CCCCNC(=O)n1ccc2c(C(O)c3c[nH]c4ncc(-c5cccnc5)cc34)cccc21.CCCCNC(=O)n1ccc2c(Cc3c[nH]c4ncc(-c5cccnc5)cc34)cccc21. The van der Waals surface area contributed by atoms with Gasteiger partial charge in [0.1, 0.15) is 17.4 Å². The normalized spacial score (nSPS) is 11.8. The number of benzene rings is 2. The number of rotatable bonds is 12. The fourth-order valence-electron chi connectivity index (χ4n) is 8.29. The fraction of sp³-hybridized carbons (Fsp3) is 0.192. The first-order chi connectivity index (χ1) is 31.9. The topological polar surface area (TPSA) is 171 Å². The third-order valence-corrected chi connectivity index (χ3v) is 11.8. The Morgan fingerprint density at radius 3 is 1.78 bits per heavy atom. The predicted molar refractivity (Wildman–Crippen MR) is 257 cm³/mol. The lowest BCUT2D eigenvalue weighted by Crippen LogP contribution is -2.28. The van der Waals surface area contributed by atoms with Gasteiger partial charge in [-0.2, -0.15) is 0 Å². The summed E-state index contributed by atoms with van der Waals surface area (Å²) < 4.78 is 3.30. The number of carbonyl (C=O) groups excluding carboxylic acids is 2. The lowest BCUT2D eigenvalue weighted by molar-refractivity contribution is 0.223. The molecule has 0 aliphatic carbocycles. The van der Waals surface area contributed by atoms with Crippen molar-refractivity contribution in [1.29, 1.82) is 0 Å². The van der Waals surface area contributed by atoms with Crippen LogP contribution in [-0.2, 0) is 6.42 Å². The number of pyridine rings is 4. The molecule has 1 atom stereocenters. The molecule has 2 aromatic carbocycles. The van der Waals surface area contributed by atoms with Crippen LogP contribution in [-0.4, -0.2) is 69.3 Å². The summed E-state index contributed by atoms with van der Waals surface area (Å²) in [5, 5.41) is 21.2. The largest absolute Gasteiger partial charge is 0.384 e. The van der Waals surface area contributed by atoms with E-state index in [0.29, 0.717) is 18.7 Å². The Morgan fingerprint density at radius 2 is 1.17 bits per heavy atom. The molecule has 2 amide bonds. The zero-order chi connectivity index (χ0) is 44.7. The van der Waals surface area contributed by atoms with Crippen LogP contribution >= 0.6 is 0 Å². The van der Waals surface area contributed by atoms with Crippen LogP contribution in [0.4, 0.5) is 9.59 Å². The Balaban J connectivity index is 0.000000164. The molecule has 0 aliphatic rings. The van der Waals surface area contributed by atoms with Gasteiger partial charge in [-0.25, -0.2) is 19.6 Å². The van der Waals surface area contributed by atoms with E-state index < -0.39 is 6.10 Å². The van der Waals surface area contributed by atoms with Crippen molar-refractivity contribution in [2.24, 2.45) is 0 Å². The third kappa shape index (κ3) is 8.86. The molecule has 0 fully saturated rings. The predicted octanol–water partition coefficient (Wildman–Crippen LogP) is 10.5. The molecule has 0 spiro atoms. The number of H-pyrrole nitrogens is 2. The average Bonchev–Trinajstić information content (AvgIpc) is 4.17. The molecular formula is C52H50N10O3. The second kappa shape index (κ2) is 19.2. The third-order valence-electron chi connectivity index (χ3n) is 11.8. The molecule has 65 heavy (non-hydrogen) atoms. The highest BCUT2D eigenvalue weighted by Crippen LogP contribution is 2.35. The first-order valence-electron chi connectivity index (χ1n) is 22.1. The van der Waals surface area contributed by atoms with E-state index in [9.17, 15) is 14.7 Å². The summed E-state index contributed by atoms with van der Waals surface area (Å²) in [7, 11) is 0. The van der Waals surface area contributed by atoms with E-state index in [4.69, 9.17) is 0 Å². The molecule has 0 radical (unpaired) electrons. The first kappa shape index (κ1) is 42.4. The van der Waals surface area contributed by atoms with Crippen molar-refractivity contribution in [3.8, 4) is 22.3 Å². The summed E-state index contributed by atoms with van der Waals surface area (Å²) in [5.41, 5.74) is 11.0. The minimum Gasteiger partial charge on any atom is -0.384 e. The number of aromatic nitrogens is 8. The molecule has 8 heterocycles. The molecule has 0 bridgehead atoms. The number of unbranched alkanes of at least 4 members (excludes halogenated alkanes) is 2. The van der Waals surface area contributed by atoms with Crippen LogP contribution in [0.1, 0.15) is 67.9 Å². The molecule has 0 saturated heterocycles. The molecule has 1 unspecified atom stereocenters. The molecular weight excluding hydrogens is 813 g/mol. The average molecular weight is 863 g/mol. The van der Waals surface area contributed by atoms with Crippen LogP contribution in [0, 0.1) is 0 Å². The van der Waals surface area contributed by atoms with Gasteiger partial charge in [-0.05, 0) is 78.1 Å². The van der Waals surface area contributed by atoms with Crippen LogP contribution in [0.3, 0.4) is 0 Å². The highest BCUT2D eigenvalue weighted by Gasteiger charge is 2.21. The maximum absolute atomic E-state index is 12.6. The standard InChI is InChI=1S/C26H25N5O2.C26H25N5O/c1-2-3-11-28-26(33)31-12-9-19-20(7-4-8-23(19)31)24(32)22-16-30-25-21(22)13-18(15-29-25)17-6-5-10-27-14-17;1-2-3-11-28-26(32)31-12-9-22-18(6-4-8-24(22)31)13-21-17-30-25-23(21)14-20(16-29-25)19-7-5-10-27-15-19/h4-10,12-16,24,32H,2-3,11H2,1H3,(H,28,33)(H,29,30);4-10,12,14-17H,2-3,11,13H2,1H3,(H,28,32)(H,29,30). The maximum Gasteiger partial charge on any atom is 0.326 e. The van der Waals surface area contributed by atoms with Crippen LogP contribution in [0.2, 0.25) is 0 Å². The van der Waals surface area contributed by atoms with E-state index in [1.165, 1.54) is 11.1 Å². The van der Waals surface area contributed by atoms with E-state index in [2.05, 4.69) is 66.5 Å². The summed E-state index contributed by atoms with van der Waals surface area (Å²) in [5.74, 6) is 0. The molecule has 8 aromatic heterocycles. The number of nitrogens with one attached hydrogen (secondary N) is 4. The summed E-state index contributed by atoms with van der Waals surface area (Å²) in [6.07, 6.45) is 22.1. The van der Waals surface area contributed by atoms with Gasteiger partial charge < -0.3 is 25.7 Å². The lowest BCUT2D eigenvalue weighted by Gasteiger charge is -2.13. The van der Waals surface area contributed by atoms with Gasteiger partial charge in [0.05, 0.1) is 11.0 Å². The Morgan fingerprint density at radius 1 is 0.600 bits per heavy atom. The number of aliphatic hydroxyl groups is 1. The number of nitrogens with zero attached hydrogens (tertiary/aromatic N) is 6. The molecule has 5 N–H and O–H groups in total. The van der Waals surface area contributed by atoms with Gasteiger partial charge in [0.2, 0.25) is 0 Å². The number of fused-ring (bicyclic) bond motifs is 4. The zero-order valence-corrected chi connectivity index (χ0v) is 36.3. The summed E-state index contributed by atoms with van der Waals surface area (Å²) in [6.45, 7) is 5.53. The number of carbonyl (C=O) groups is 2. The van der Waals surface area contributed by atoms with Gasteiger partial charge in [0.15, 0.2) is 0 Å². The number of hydrogen-bond acceptors (Lipinski definition) is 7. The highest BCUT2D eigenvalue weighted by atomic mass is 16.3. The fourth-order valence-corrected chi connectivity index (χ4v) is 8.29. The van der Waals surface area contributed by atoms with Crippen LogP contribution in [0.15, 0.2) is 147 Å². The van der Waals surface area contributed by atoms with Gasteiger partial charge >= 0.3 is 12.1 Å². The lowest BCUT2D eigenvalue weighted by atomic mass is 9.97. The number of aromatic amines is 2. The molecule has 10 aromatic rings. The van der Waals surface area contributed by atoms with E-state index >= 15 is 0 Å². The van der Waals surface area contributed by atoms with Crippen molar-refractivity contribution >= 4 is 55.9 Å². The number of aliphatic hydroxyl groups excluding tert-OH is 1. The van der Waals surface area contributed by atoms with Gasteiger partial charge in [-0.15, -0.1) is 0 Å². The monoisotopic (exact) mass is 862 g/mol. The smallest absolute Gasteiger partial charge is 0.326 e. The van der Waals surface area contributed by atoms with Crippen LogP contribution < -0.4 is 10.6 Å². The first-order valence-corrected chi connectivity index (χ1v) is 22.1. The molecule has 13 nitrogen and oxygen atoms in total. The Kier molecular flexibility index (Phi) is 12.5. The van der Waals surface area contributed by atoms with E-state index in [1.54, 1.807) is 46.3 Å². The maximum atomic E-state index is 12.6. The highest BCUT2D eigenvalue weighted by molar-refractivity contribution is 5.95. The second-order valence-corrected chi connectivity index (χ2v) is 16.0. The van der Waals surface area contributed by atoms with E-state index in [-0.39, 0.29) is 12.1 Å². The minimum absolute atomic E-state index is 0.0805. The van der Waals surface area contributed by atoms with Gasteiger partial charge in [-0.1, -0.05) is 63.1 Å². The minimum atomic E-state index is -0.882. The molecule has 13 heteroatoms. The van der Waals surface area contributed by atoms with Crippen LogP contribution in [0.5, 0.6) is 0 Å². The molecule has 10 rings (SSSR count). The van der Waals surface area contributed by atoms with Crippen LogP contribution in [0.25, 0.3) is 66.1 Å². The summed E-state index contributed by atoms with van der Waals surface area (Å²) >= 11 is 0. The van der Waals surface area contributed by atoms with Crippen molar-refractivity contribution in [2.75, 3.05) is 13.1 Å². The number of amides is 2. The Labute approximate surface area is 375 Å². The molecule has 0 aliphatic heterocycles. The van der Waals surface area contributed by atoms with Gasteiger partial charge in [0.25, 0.3) is 0 Å². The second-order valence-electron chi connectivity index (χ2n) is 16.0. The Bertz CT molecular complexity index is 3240. The molecule has 0 saturated carbocycles. The van der Waals surface area contributed by atoms with Crippen molar-refractivity contribution in [3.63, 3.8) is 0 Å². The van der Waals surface area contributed by atoms with Gasteiger partial charge in [-0.3, -0.25) is 19.1 Å². The number of hydrogen-bond donors (Lipinski definition) is 5. The van der Waals surface area contributed by atoms with Crippen molar-refractivity contribution in [1.82, 2.24) is 49.7 Å². The van der Waals surface area contributed by atoms with Crippen molar-refractivity contribution < 1.29 is 14.7 Å². The Hall–Kier alpha value is -7.90. The summed E-state index contributed by atoms with van der Waals surface area (Å²) in [6, 6.07) is 27.5. The van der Waals surface area contributed by atoms with E-state index in [0.717, 1.165) is 104 Å².